The van der Waals surface area contributed by atoms with Crippen LogP contribution in [-0.2, 0) is 0 Å². The summed E-state index contributed by atoms with van der Waals surface area (Å²) < 4.78 is 5.30. The molecule has 0 atom stereocenters. The van der Waals surface area contributed by atoms with E-state index in [4.69, 9.17) is 0 Å². The Hall–Kier alpha value is -4.02. The Kier molecular flexibility index (Phi) is 3.03. The molecular weight excluding hydrogens is 431 g/mol. The molecule has 2 aliphatic rings. The van der Waals surface area contributed by atoms with E-state index in [1.54, 1.807) is 0 Å². The first-order valence-electron chi connectivity index (χ1n) is 11.7. The summed E-state index contributed by atoms with van der Waals surface area (Å²) in [5.41, 5.74) is 9.34. The van der Waals surface area contributed by atoms with E-state index in [2.05, 4.69) is 112 Å². The van der Waals surface area contributed by atoms with Crippen molar-refractivity contribution < 1.29 is 0 Å². The third kappa shape index (κ3) is 1.88. The van der Waals surface area contributed by atoms with Crippen molar-refractivity contribution in [1.29, 1.82) is 0 Å². The molecule has 0 amide bonds. The number of thiophene rings is 1. The molecule has 2 aliphatic heterocycles. The Labute approximate surface area is 200 Å². The van der Waals surface area contributed by atoms with Crippen LogP contribution in [-0.4, -0.2) is 11.5 Å². The number of para-hydroxylation sites is 3. The lowest BCUT2D eigenvalue weighted by atomic mass is 9.60. The molecule has 2 nitrogen and oxygen atoms in total. The zero-order valence-electron chi connectivity index (χ0n) is 18.2. The third-order valence-electron chi connectivity index (χ3n) is 7.74. The molecule has 0 unspecified atom stereocenters. The van der Waals surface area contributed by atoms with Crippen LogP contribution in [0.2, 0.25) is 0 Å². The van der Waals surface area contributed by atoms with E-state index >= 15 is 0 Å². The van der Waals surface area contributed by atoms with E-state index in [1.807, 2.05) is 11.3 Å². The number of rotatable bonds is 0. The van der Waals surface area contributed by atoms with Crippen LogP contribution < -0.4 is 10.3 Å². The predicted molar refractivity (Wildman–Crippen MR) is 147 cm³/mol. The summed E-state index contributed by atoms with van der Waals surface area (Å²) in [6, 6.07) is 38.2. The van der Waals surface area contributed by atoms with Gasteiger partial charge in [-0.15, -0.1) is 11.3 Å². The fraction of sp³-hybridized carbons (Fsp3) is 0. The van der Waals surface area contributed by atoms with E-state index < -0.39 is 0 Å². The Balaban J connectivity index is 1.51. The van der Waals surface area contributed by atoms with Crippen molar-refractivity contribution in [3.63, 3.8) is 0 Å². The molecule has 0 saturated carbocycles. The molecule has 0 bridgehead atoms. The topological polar surface area (TPSA) is 8.17 Å². The van der Waals surface area contributed by atoms with Gasteiger partial charge in [0, 0.05) is 47.7 Å². The van der Waals surface area contributed by atoms with Crippen LogP contribution in [0, 0.1) is 0 Å². The largest absolute Gasteiger partial charge is 0.421 e. The van der Waals surface area contributed by atoms with E-state index in [0.29, 0.717) is 0 Å². The molecule has 0 N–H and O–H groups in total. The molecule has 0 aliphatic carbocycles. The highest BCUT2D eigenvalue weighted by Gasteiger charge is 2.45. The summed E-state index contributed by atoms with van der Waals surface area (Å²) in [7, 11) is 0. The lowest BCUT2D eigenvalue weighted by Crippen LogP contribution is -2.51. The van der Waals surface area contributed by atoms with Gasteiger partial charge in [0.2, 0.25) is 0 Å². The molecule has 34 heavy (non-hydrogen) atoms. The minimum Gasteiger partial charge on any atom is -0.359 e. The maximum absolute atomic E-state index is 2.58. The maximum atomic E-state index is 2.58. The molecule has 156 valence electrons. The second-order valence-corrected chi connectivity index (χ2v) is 10.4. The molecule has 7 aromatic rings. The van der Waals surface area contributed by atoms with Crippen LogP contribution in [0.3, 0.4) is 0 Å². The SMILES string of the molecule is c1ccc2c(c1)-c1c(ccc3sc4ccccc4c13)B1N2c2cccc3c4ccccc4n1c23. The van der Waals surface area contributed by atoms with Gasteiger partial charge in [0.1, 0.15) is 0 Å². The van der Waals surface area contributed by atoms with E-state index in [9.17, 15) is 0 Å². The Bertz CT molecular complexity index is 2000. The van der Waals surface area contributed by atoms with Gasteiger partial charge in [-0.2, -0.15) is 0 Å². The molecule has 0 spiro atoms. The van der Waals surface area contributed by atoms with Crippen LogP contribution in [0.4, 0.5) is 11.4 Å². The van der Waals surface area contributed by atoms with Crippen molar-refractivity contribution in [2.24, 2.45) is 0 Å². The summed E-state index contributed by atoms with van der Waals surface area (Å²) in [4.78, 5) is 2.56. The number of nitrogens with zero attached hydrogens (tertiary/aromatic N) is 2. The van der Waals surface area contributed by atoms with Gasteiger partial charge >= 0.3 is 6.98 Å². The highest BCUT2D eigenvalue weighted by molar-refractivity contribution is 7.26. The van der Waals surface area contributed by atoms with Crippen molar-refractivity contribution in [3.05, 3.63) is 103 Å². The van der Waals surface area contributed by atoms with Crippen molar-refractivity contribution in [2.75, 3.05) is 4.81 Å². The number of hydrogen-bond acceptors (Lipinski definition) is 2. The van der Waals surface area contributed by atoms with Crippen LogP contribution in [0.15, 0.2) is 103 Å². The van der Waals surface area contributed by atoms with Gasteiger partial charge in [0.15, 0.2) is 0 Å². The van der Waals surface area contributed by atoms with E-state index in [1.165, 1.54) is 69.9 Å². The zero-order valence-corrected chi connectivity index (χ0v) is 19.0. The summed E-state index contributed by atoms with van der Waals surface area (Å²) in [5, 5.41) is 5.43. The Morgan fingerprint density at radius 2 is 1.35 bits per heavy atom. The molecule has 5 aromatic carbocycles. The standard InChI is InChI=1S/C30H17BN2S/c1-4-12-23-18(8-1)19-11-7-14-25-30(19)33(23)31-22-16-17-27-29(21-10-3-6-15-26(21)34-27)28(22)20-9-2-5-13-24(20)32(25)31/h1-17H. The van der Waals surface area contributed by atoms with Gasteiger partial charge in [-0.1, -0.05) is 72.8 Å². The third-order valence-corrected chi connectivity index (χ3v) is 8.88. The summed E-state index contributed by atoms with van der Waals surface area (Å²) in [6.07, 6.45) is 0. The molecule has 2 aromatic heterocycles. The molecule has 0 saturated heterocycles. The molecule has 4 heteroatoms. The van der Waals surface area contributed by atoms with Crippen molar-refractivity contribution in [2.45, 2.75) is 0 Å². The van der Waals surface area contributed by atoms with Crippen LogP contribution in [0.5, 0.6) is 0 Å². The van der Waals surface area contributed by atoms with Gasteiger partial charge in [-0.3, -0.25) is 0 Å². The fourth-order valence-electron chi connectivity index (χ4n) is 6.50. The first kappa shape index (κ1) is 17.5. The normalized spacial score (nSPS) is 13.8. The second-order valence-electron chi connectivity index (χ2n) is 9.32. The number of aromatic nitrogens is 1. The number of anilines is 2. The molecule has 9 rings (SSSR count). The van der Waals surface area contributed by atoms with Gasteiger partial charge in [-0.25, -0.2) is 0 Å². The van der Waals surface area contributed by atoms with Gasteiger partial charge in [0.25, 0.3) is 0 Å². The van der Waals surface area contributed by atoms with Crippen molar-refractivity contribution in [1.82, 2.24) is 4.48 Å². The van der Waals surface area contributed by atoms with E-state index in [0.717, 1.165) is 0 Å². The number of fused-ring (bicyclic) bond motifs is 15. The Morgan fingerprint density at radius 1 is 0.588 bits per heavy atom. The predicted octanol–water partition coefficient (Wildman–Crippen LogP) is 7.54. The molecule has 4 heterocycles. The minimum absolute atomic E-state index is 0.104. The minimum atomic E-state index is 0.104. The van der Waals surface area contributed by atoms with Gasteiger partial charge < -0.3 is 9.29 Å². The lowest BCUT2D eigenvalue weighted by Gasteiger charge is -2.35. The smallest absolute Gasteiger partial charge is 0.359 e. The quantitative estimate of drug-likeness (QED) is 0.218. The lowest BCUT2D eigenvalue weighted by molar-refractivity contribution is 1.31. The zero-order chi connectivity index (χ0) is 22.0. The summed E-state index contributed by atoms with van der Waals surface area (Å²) in [5.74, 6) is 0. The number of hydrogen-bond donors (Lipinski definition) is 0. The van der Waals surface area contributed by atoms with Crippen LogP contribution in [0.25, 0.3) is 53.1 Å². The highest BCUT2D eigenvalue weighted by Crippen LogP contribution is 2.51. The van der Waals surface area contributed by atoms with Crippen molar-refractivity contribution in [3.8, 4) is 11.1 Å². The summed E-state index contributed by atoms with van der Waals surface area (Å²) in [6.45, 7) is 0.104. The molecular formula is C30H17BN2S. The maximum Gasteiger partial charge on any atom is 0.421 e. The number of benzene rings is 5. The summed E-state index contributed by atoms with van der Waals surface area (Å²) >= 11 is 1.90. The van der Waals surface area contributed by atoms with Crippen LogP contribution >= 0.6 is 11.3 Å². The second kappa shape index (κ2) is 5.91. The van der Waals surface area contributed by atoms with Crippen LogP contribution in [0.1, 0.15) is 0 Å². The average Bonchev–Trinajstić information content (AvgIpc) is 3.55. The first-order valence-corrected chi connectivity index (χ1v) is 12.6. The Morgan fingerprint density at radius 3 is 2.32 bits per heavy atom. The molecule has 0 radical (unpaired) electrons. The van der Waals surface area contributed by atoms with Gasteiger partial charge in [-0.05, 0) is 41.4 Å². The fourth-order valence-corrected chi connectivity index (χ4v) is 7.62. The monoisotopic (exact) mass is 448 g/mol. The van der Waals surface area contributed by atoms with Gasteiger partial charge in [0.05, 0.1) is 11.2 Å². The first-order chi connectivity index (χ1) is 16.9. The average molecular weight is 448 g/mol. The molecule has 0 fully saturated rings. The van der Waals surface area contributed by atoms with E-state index in [-0.39, 0.29) is 6.98 Å². The highest BCUT2D eigenvalue weighted by atomic mass is 32.1. The van der Waals surface area contributed by atoms with Crippen molar-refractivity contribution >= 4 is 77.1 Å².